The second-order valence-corrected chi connectivity index (χ2v) is 6.76. The van der Waals surface area contributed by atoms with Crippen LogP contribution in [0.2, 0.25) is 5.21 Å². The summed E-state index contributed by atoms with van der Waals surface area (Å²) >= 11 is -0.911. The van der Waals surface area contributed by atoms with Crippen molar-refractivity contribution in [2.45, 2.75) is 31.6 Å². The number of carbonyl (C=O) groups is 2. The average molecular weight is 312 g/mol. The zero-order valence-corrected chi connectivity index (χ0v) is 12.4. The van der Waals surface area contributed by atoms with Crippen LogP contribution in [0, 0.1) is 0 Å². The van der Waals surface area contributed by atoms with Crippen LogP contribution in [-0.4, -0.2) is 42.0 Å². The van der Waals surface area contributed by atoms with E-state index in [2.05, 4.69) is 4.98 Å². The van der Waals surface area contributed by atoms with Crippen molar-refractivity contribution in [3.8, 4) is 5.75 Å². The van der Waals surface area contributed by atoms with E-state index >= 15 is 0 Å². The summed E-state index contributed by atoms with van der Waals surface area (Å²) < 4.78 is 4.82. The van der Waals surface area contributed by atoms with Crippen molar-refractivity contribution in [3.63, 3.8) is 0 Å². The van der Waals surface area contributed by atoms with E-state index in [0.29, 0.717) is 0 Å². The number of aromatic hydroxyl groups is 1. The summed E-state index contributed by atoms with van der Waals surface area (Å²) in [6, 6.07) is 2.94. The molecule has 1 radical (unpaired) electrons. The van der Waals surface area contributed by atoms with Crippen molar-refractivity contribution < 1.29 is 19.4 Å². The summed E-state index contributed by atoms with van der Waals surface area (Å²) in [4.78, 5) is 27.0. The first-order chi connectivity index (χ1) is 8.29. The Balaban J connectivity index is 2.52. The van der Waals surface area contributed by atoms with Crippen molar-refractivity contribution in [1.82, 2.24) is 4.98 Å². The molecule has 6 heteroatoms. The summed E-state index contributed by atoms with van der Waals surface area (Å²) in [5, 5.41) is 9.52. The quantitative estimate of drug-likeness (QED) is 0.671. The Labute approximate surface area is 112 Å². The van der Waals surface area contributed by atoms with Gasteiger partial charge in [-0.25, -0.2) is 0 Å². The molecule has 0 spiro atoms. The molecule has 0 bridgehead atoms. The maximum absolute atomic E-state index is 11.7. The fourth-order valence-corrected chi connectivity index (χ4v) is 2.53. The van der Waals surface area contributed by atoms with Gasteiger partial charge in [-0.1, -0.05) is 0 Å². The Kier molecular flexibility index (Phi) is 4.91. The zero-order valence-electron chi connectivity index (χ0n) is 10.5. The maximum atomic E-state index is 11.7. The Bertz CT molecular complexity index is 454. The molecule has 0 atom stereocenters. The molecule has 0 aromatic carbocycles. The third-order valence-corrected chi connectivity index (χ3v) is 3.68. The normalized spacial score (nSPS) is 11.7. The Hall–Kier alpha value is -1.35. The van der Waals surface area contributed by atoms with Gasteiger partial charge in [-0.3, -0.25) is 0 Å². The molecule has 0 aliphatic carbocycles. The van der Waals surface area contributed by atoms with Crippen molar-refractivity contribution in [1.29, 1.82) is 0 Å². The van der Waals surface area contributed by atoms with Gasteiger partial charge in [-0.15, -0.1) is 0 Å². The van der Waals surface area contributed by atoms with Crippen molar-refractivity contribution in [2.24, 2.45) is 0 Å². The van der Waals surface area contributed by atoms with E-state index in [1.54, 1.807) is 20.8 Å². The minimum atomic E-state index is -0.911. The van der Waals surface area contributed by atoms with Crippen molar-refractivity contribution >= 4 is 26.3 Å². The molecule has 1 rings (SSSR count). The predicted octanol–water partition coefficient (Wildman–Crippen LogP) is 1.39. The molecular formula is C12H15AsNO4. The van der Waals surface area contributed by atoms with Gasteiger partial charge < -0.3 is 0 Å². The third-order valence-electron chi connectivity index (χ3n) is 1.76. The summed E-state index contributed by atoms with van der Waals surface area (Å²) in [6.45, 7) is 5.31. The van der Waals surface area contributed by atoms with E-state index in [4.69, 9.17) is 4.74 Å². The van der Waals surface area contributed by atoms with Gasteiger partial charge >= 0.3 is 112 Å². The van der Waals surface area contributed by atoms with Crippen LogP contribution in [-0.2, 0) is 9.53 Å². The van der Waals surface area contributed by atoms with Gasteiger partial charge in [0.25, 0.3) is 0 Å². The van der Waals surface area contributed by atoms with Crippen LogP contribution in [0.5, 0.6) is 5.75 Å². The summed E-state index contributed by atoms with van der Waals surface area (Å²) in [6.07, 6.45) is 1.43. The third kappa shape index (κ3) is 4.88. The second kappa shape index (κ2) is 6.00. The van der Waals surface area contributed by atoms with Gasteiger partial charge in [0.05, 0.1) is 0 Å². The zero-order chi connectivity index (χ0) is 13.8. The Morgan fingerprint density at radius 1 is 1.44 bits per heavy atom. The number of rotatable bonds is 4. The van der Waals surface area contributed by atoms with Gasteiger partial charge in [0, 0.05) is 0 Å². The number of hydrogen-bond acceptors (Lipinski definition) is 5. The number of ether oxygens (including phenoxy) is 1. The van der Waals surface area contributed by atoms with E-state index < -0.39 is 27.3 Å². The summed E-state index contributed by atoms with van der Waals surface area (Å²) in [7, 11) is 0. The predicted molar refractivity (Wildman–Crippen MR) is 66.6 cm³/mol. The van der Waals surface area contributed by atoms with E-state index in [1.165, 1.54) is 18.3 Å². The first-order valence-corrected chi connectivity index (χ1v) is 7.64. The molecule has 0 amide bonds. The molecule has 0 saturated heterocycles. The molecule has 5 nitrogen and oxygen atoms in total. The molecular weight excluding hydrogens is 297 g/mol. The molecule has 0 saturated carbocycles. The topological polar surface area (TPSA) is 76.5 Å². The molecule has 0 aliphatic heterocycles. The molecule has 1 aromatic heterocycles. The van der Waals surface area contributed by atoms with Gasteiger partial charge in [0.15, 0.2) is 0 Å². The van der Waals surface area contributed by atoms with Gasteiger partial charge in [-0.2, -0.15) is 0 Å². The molecule has 1 heterocycles. The van der Waals surface area contributed by atoms with Crippen LogP contribution < -0.4 is 0 Å². The van der Waals surface area contributed by atoms with Gasteiger partial charge in [0.2, 0.25) is 0 Å². The molecule has 1 aromatic rings. The number of esters is 1. The second-order valence-electron chi connectivity index (χ2n) is 4.58. The summed E-state index contributed by atoms with van der Waals surface area (Å²) in [5.41, 5.74) is -0.518. The number of pyridine rings is 1. The first kappa shape index (κ1) is 14.7. The molecule has 18 heavy (non-hydrogen) atoms. The molecule has 97 valence electrons. The number of nitrogens with zero attached hydrogens (tertiary/aromatic N) is 1. The average Bonchev–Trinajstić information content (AvgIpc) is 2.24. The van der Waals surface area contributed by atoms with E-state index in [-0.39, 0.29) is 21.2 Å². The van der Waals surface area contributed by atoms with Gasteiger partial charge in [0.1, 0.15) is 0 Å². The van der Waals surface area contributed by atoms with Crippen LogP contribution in [0.1, 0.15) is 31.3 Å². The fraction of sp³-hybridized carbons (Fsp3) is 0.417. The monoisotopic (exact) mass is 312 g/mol. The van der Waals surface area contributed by atoms with Crippen LogP contribution in [0.4, 0.5) is 0 Å². The Morgan fingerprint density at radius 2 is 2.11 bits per heavy atom. The van der Waals surface area contributed by atoms with Crippen LogP contribution in [0.3, 0.4) is 0 Å². The molecule has 0 fully saturated rings. The van der Waals surface area contributed by atoms with Crippen LogP contribution in [0.15, 0.2) is 18.3 Å². The number of hydrogen-bond donors (Lipinski definition) is 1. The Morgan fingerprint density at radius 3 is 2.67 bits per heavy atom. The van der Waals surface area contributed by atoms with Crippen LogP contribution in [0.25, 0.3) is 0 Å². The minimum absolute atomic E-state index is 0.0288. The standard InChI is InChI=1S/C12H15AsNO4/c1-12(2,3)18-9(16)7-13-11(17)10-8(15)5-4-6-14-10/h4-6,15H,7H2,1-3H3. The summed E-state index contributed by atoms with van der Waals surface area (Å²) in [5.74, 6) is -0.548. The fourth-order valence-electron chi connectivity index (χ4n) is 1.15. The van der Waals surface area contributed by atoms with E-state index in [0.717, 1.165) is 0 Å². The van der Waals surface area contributed by atoms with E-state index in [9.17, 15) is 14.7 Å². The molecule has 0 aliphatic rings. The van der Waals surface area contributed by atoms with Crippen molar-refractivity contribution in [3.05, 3.63) is 24.0 Å². The first-order valence-electron chi connectivity index (χ1n) is 5.37. The SMILES string of the molecule is CC(C)(C)OC(=O)C[As]C(=O)c1ncccc1O. The van der Waals surface area contributed by atoms with Gasteiger partial charge in [-0.05, 0) is 0 Å². The van der Waals surface area contributed by atoms with Crippen molar-refractivity contribution in [2.75, 3.05) is 0 Å². The number of carbonyl (C=O) groups excluding carboxylic acids is 2. The number of aromatic nitrogens is 1. The van der Waals surface area contributed by atoms with Crippen LogP contribution >= 0.6 is 0 Å². The molecule has 0 unspecified atom stereocenters. The molecule has 1 N–H and O–H groups in total. The van der Waals surface area contributed by atoms with E-state index in [1.807, 2.05) is 0 Å².